The zero-order valence-corrected chi connectivity index (χ0v) is 12.0. The summed E-state index contributed by atoms with van der Waals surface area (Å²) in [6.07, 6.45) is 0.760. The average Bonchev–Trinajstić information content (AvgIpc) is 2.29. The van der Waals surface area contributed by atoms with Gasteiger partial charge in [-0.25, -0.2) is 13.1 Å². The first-order chi connectivity index (χ1) is 8.36. The van der Waals surface area contributed by atoms with Crippen molar-refractivity contribution in [3.8, 4) is 0 Å². The fraction of sp³-hybridized carbons (Fsp3) is 0.538. The second-order valence-electron chi connectivity index (χ2n) is 4.84. The van der Waals surface area contributed by atoms with E-state index >= 15 is 0 Å². The number of hydrogen-bond acceptors (Lipinski definition) is 3. The van der Waals surface area contributed by atoms with Crippen molar-refractivity contribution < 1.29 is 8.42 Å². The van der Waals surface area contributed by atoms with Crippen LogP contribution in [0.25, 0.3) is 0 Å². The van der Waals surface area contributed by atoms with Crippen LogP contribution in [-0.4, -0.2) is 21.0 Å². The second kappa shape index (κ2) is 6.31. The lowest BCUT2D eigenvalue weighted by Gasteiger charge is -2.17. The van der Waals surface area contributed by atoms with Gasteiger partial charge in [0.25, 0.3) is 0 Å². The molecule has 1 rings (SSSR count). The lowest BCUT2D eigenvalue weighted by molar-refractivity contribution is 0.476. The molecule has 0 aliphatic heterocycles. The van der Waals surface area contributed by atoms with E-state index in [4.69, 9.17) is 5.73 Å². The number of hydrogen-bond donors (Lipinski definition) is 2. The van der Waals surface area contributed by atoms with Crippen LogP contribution in [0.4, 0.5) is 0 Å². The molecule has 0 fully saturated rings. The van der Waals surface area contributed by atoms with Gasteiger partial charge in [-0.1, -0.05) is 26.0 Å². The highest BCUT2D eigenvalue weighted by Crippen LogP contribution is 2.13. The highest BCUT2D eigenvalue weighted by atomic mass is 32.2. The van der Waals surface area contributed by atoms with E-state index in [0.29, 0.717) is 11.4 Å². The van der Waals surface area contributed by atoms with Crippen LogP contribution in [0.15, 0.2) is 29.2 Å². The van der Waals surface area contributed by atoms with E-state index in [2.05, 4.69) is 4.72 Å². The summed E-state index contributed by atoms with van der Waals surface area (Å²) in [5.74, 6) is 0.260. The predicted molar refractivity (Wildman–Crippen MR) is 73.8 cm³/mol. The minimum Gasteiger partial charge on any atom is -0.330 e. The largest absolute Gasteiger partial charge is 0.330 e. The molecule has 1 atom stereocenters. The van der Waals surface area contributed by atoms with Gasteiger partial charge in [-0.15, -0.1) is 0 Å². The van der Waals surface area contributed by atoms with E-state index in [9.17, 15) is 8.42 Å². The lowest BCUT2D eigenvalue weighted by Crippen LogP contribution is -2.36. The third-order valence-corrected chi connectivity index (χ3v) is 4.58. The van der Waals surface area contributed by atoms with Crippen molar-refractivity contribution in [1.82, 2.24) is 4.72 Å². The third kappa shape index (κ3) is 4.08. The summed E-state index contributed by atoms with van der Waals surface area (Å²) in [4.78, 5) is 0.302. The van der Waals surface area contributed by atoms with Crippen LogP contribution < -0.4 is 10.5 Å². The Bertz CT molecular complexity index is 466. The zero-order chi connectivity index (χ0) is 13.8. The van der Waals surface area contributed by atoms with E-state index in [1.54, 1.807) is 12.1 Å². The van der Waals surface area contributed by atoms with E-state index in [0.717, 1.165) is 12.0 Å². The van der Waals surface area contributed by atoms with Gasteiger partial charge in [0.05, 0.1) is 4.90 Å². The number of benzene rings is 1. The highest BCUT2D eigenvalue weighted by Gasteiger charge is 2.18. The summed E-state index contributed by atoms with van der Waals surface area (Å²) in [5.41, 5.74) is 6.50. The van der Waals surface area contributed by atoms with Gasteiger partial charge in [0.2, 0.25) is 10.0 Å². The molecule has 1 aromatic rings. The van der Waals surface area contributed by atoms with Crippen LogP contribution in [0.2, 0.25) is 0 Å². The number of nitrogens with one attached hydrogen (secondary N) is 1. The van der Waals surface area contributed by atoms with Gasteiger partial charge in [-0.3, -0.25) is 0 Å². The molecule has 18 heavy (non-hydrogen) atoms. The Morgan fingerprint density at radius 1 is 1.17 bits per heavy atom. The molecule has 0 radical (unpaired) electrons. The number of rotatable bonds is 6. The summed E-state index contributed by atoms with van der Waals surface area (Å²) in [6, 6.07) is 6.78. The van der Waals surface area contributed by atoms with Gasteiger partial charge in [-0.05, 0) is 43.5 Å². The molecule has 0 amide bonds. The van der Waals surface area contributed by atoms with Crippen molar-refractivity contribution in [1.29, 1.82) is 0 Å². The topological polar surface area (TPSA) is 72.2 Å². The second-order valence-corrected chi connectivity index (χ2v) is 6.55. The van der Waals surface area contributed by atoms with Crippen molar-refractivity contribution in [2.45, 2.75) is 38.1 Å². The maximum atomic E-state index is 12.1. The fourth-order valence-corrected chi connectivity index (χ4v) is 2.84. The first-order valence-electron chi connectivity index (χ1n) is 6.18. The standard InChI is InChI=1S/C13H22N2O2S/c1-10(2)11(3)15-18(16,17)13-6-4-12(5-7-13)8-9-14/h4-7,10-11,15H,8-9,14H2,1-3H3. The molecule has 0 spiro atoms. The average molecular weight is 270 g/mol. The van der Waals surface area contributed by atoms with Crippen LogP contribution in [-0.2, 0) is 16.4 Å². The summed E-state index contributed by atoms with van der Waals surface area (Å²) < 4.78 is 26.8. The molecule has 0 saturated heterocycles. The van der Waals surface area contributed by atoms with Crippen molar-refractivity contribution in [2.75, 3.05) is 6.54 Å². The minimum absolute atomic E-state index is 0.0845. The first-order valence-corrected chi connectivity index (χ1v) is 7.66. The number of nitrogens with two attached hydrogens (primary N) is 1. The highest BCUT2D eigenvalue weighted by molar-refractivity contribution is 7.89. The maximum Gasteiger partial charge on any atom is 0.240 e. The molecule has 3 N–H and O–H groups in total. The third-order valence-electron chi connectivity index (χ3n) is 3.01. The summed E-state index contributed by atoms with van der Waals surface area (Å²) >= 11 is 0. The van der Waals surface area contributed by atoms with Crippen molar-refractivity contribution in [3.63, 3.8) is 0 Å². The van der Waals surface area contributed by atoms with Crippen molar-refractivity contribution >= 4 is 10.0 Å². The molecule has 0 saturated carbocycles. The first kappa shape index (κ1) is 15.1. The zero-order valence-electron chi connectivity index (χ0n) is 11.2. The Labute approximate surface area is 110 Å². The Morgan fingerprint density at radius 3 is 2.17 bits per heavy atom. The van der Waals surface area contributed by atoms with Gasteiger partial charge in [0, 0.05) is 6.04 Å². The van der Waals surface area contributed by atoms with Crippen molar-refractivity contribution in [2.24, 2.45) is 11.7 Å². The van der Waals surface area contributed by atoms with Gasteiger partial charge < -0.3 is 5.73 Å². The predicted octanol–water partition coefficient (Wildman–Crippen LogP) is 1.51. The molecule has 0 heterocycles. The molecule has 102 valence electrons. The van der Waals surface area contributed by atoms with Gasteiger partial charge in [0.1, 0.15) is 0 Å². The van der Waals surface area contributed by atoms with E-state index in [-0.39, 0.29) is 12.0 Å². The fourth-order valence-electron chi connectivity index (χ4n) is 1.45. The summed E-state index contributed by atoms with van der Waals surface area (Å²) in [5, 5.41) is 0. The molecule has 0 aromatic heterocycles. The maximum absolute atomic E-state index is 12.1. The van der Waals surface area contributed by atoms with Gasteiger partial charge >= 0.3 is 0 Å². The van der Waals surface area contributed by atoms with Crippen LogP contribution in [0.5, 0.6) is 0 Å². The normalized spacial score (nSPS) is 13.8. The molecule has 1 unspecified atom stereocenters. The minimum atomic E-state index is -3.42. The molecule has 4 nitrogen and oxygen atoms in total. The SMILES string of the molecule is CC(C)C(C)NS(=O)(=O)c1ccc(CCN)cc1. The van der Waals surface area contributed by atoms with E-state index in [1.807, 2.05) is 32.9 Å². The van der Waals surface area contributed by atoms with Crippen LogP contribution >= 0.6 is 0 Å². The molecular weight excluding hydrogens is 248 g/mol. The summed E-state index contributed by atoms with van der Waals surface area (Å²) in [7, 11) is -3.42. The van der Waals surface area contributed by atoms with Gasteiger partial charge in [0.15, 0.2) is 0 Å². The monoisotopic (exact) mass is 270 g/mol. The molecule has 0 bridgehead atoms. The molecule has 0 aliphatic rings. The lowest BCUT2D eigenvalue weighted by atomic mass is 10.1. The van der Waals surface area contributed by atoms with Crippen LogP contribution in [0.3, 0.4) is 0 Å². The molecule has 1 aromatic carbocycles. The van der Waals surface area contributed by atoms with Crippen LogP contribution in [0.1, 0.15) is 26.3 Å². The van der Waals surface area contributed by atoms with Crippen molar-refractivity contribution in [3.05, 3.63) is 29.8 Å². The Morgan fingerprint density at radius 2 is 1.72 bits per heavy atom. The van der Waals surface area contributed by atoms with E-state index < -0.39 is 10.0 Å². The Hall–Kier alpha value is -0.910. The molecular formula is C13H22N2O2S. The van der Waals surface area contributed by atoms with Gasteiger partial charge in [-0.2, -0.15) is 0 Å². The molecule has 0 aliphatic carbocycles. The van der Waals surface area contributed by atoms with Crippen LogP contribution in [0, 0.1) is 5.92 Å². The Kier molecular flexibility index (Phi) is 5.31. The smallest absolute Gasteiger partial charge is 0.240 e. The van der Waals surface area contributed by atoms with E-state index in [1.165, 1.54) is 0 Å². The number of sulfonamides is 1. The quantitative estimate of drug-likeness (QED) is 0.823. The molecule has 5 heteroatoms. The Balaban J connectivity index is 2.85. The summed E-state index contributed by atoms with van der Waals surface area (Å²) in [6.45, 7) is 6.40.